The third-order valence-electron chi connectivity index (χ3n) is 7.34. The second-order valence-corrected chi connectivity index (χ2v) is 9.73. The van der Waals surface area contributed by atoms with Crippen LogP contribution in [0.1, 0.15) is 34.3 Å². The molecule has 0 saturated carbocycles. The summed E-state index contributed by atoms with van der Waals surface area (Å²) >= 11 is 6.21. The highest BCUT2D eigenvalue weighted by Crippen LogP contribution is 2.49. The lowest BCUT2D eigenvalue weighted by Gasteiger charge is -2.40. The normalized spacial score (nSPS) is 22.6. The number of nitrogens with zero attached hydrogens (tertiary/aromatic N) is 2. The van der Waals surface area contributed by atoms with Crippen LogP contribution >= 0.6 is 11.6 Å². The zero-order valence-corrected chi connectivity index (χ0v) is 20.9. The fraction of sp³-hybridized carbons (Fsp3) is 0.241. The average Bonchev–Trinajstić information content (AvgIpc) is 3.46. The molecular formula is C29H26ClN3O4. The van der Waals surface area contributed by atoms with E-state index >= 15 is 0 Å². The van der Waals surface area contributed by atoms with Crippen molar-refractivity contribution >= 4 is 23.4 Å². The van der Waals surface area contributed by atoms with E-state index in [0.29, 0.717) is 29.4 Å². The number of benzene rings is 2. The first-order chi connectivity index (χ1) is 18.1. The standard InChI is InChI=1S/C29H26ClN3O4/c30-22-12-10-21(11-13-22)29-24-9-5-4-8-23(24)28(35)33(29)15-14-32(29)26(34)18-31-27(20-6-2-1-3-7-20)25-19-36-16-17-37-25/h1-2,4-6,8-13,16-17,19,27,31H,3,7,14-15,18H2. The Morgan fingerprint density at radius 3 is 2.70 bits per heavy atom. The zero-order valence-electron chi connectivity index (χ0n) is 20.1. The van der Waals surface area contributed by atoms with E-state index in [4.69, 9.17) is 21.1 Å². The van der Waals surface area contributed by atoms with Crippen LogP contribution in [0.2, 0.25) is 5.02 Å². The maximum absolute atomic E-state index is 14.0. The summed E-state index contributed by atoms with van der Waals surface area (Å²) in [6, 6.07) is 14.6. The molecule has 2 unspecified atom stereocenters. The van der Waals surface area contributed by atoms with Gasteiger partial charge in [-0.25, -0.2) is 0 Å². The van der Waals surface area contributed by atoms with Crippen LogP contribution in [0, 0.1) is 0 Å². The molecule has 2 atom stereocenters. The number of ether oxygens (including phenoxy) is 2. The summed E-state index contributed by atoms with van der Waals surface area (Å²) in [7, 11) is 0. The zero-order chi connectivity index (χ0) is 25.4. The lowest BCUT2D eigenvalue weighted by atomic mass is 9.89. The van der Waals surface area contributed by atoms with E-state index in [-0.39, 0.29) is 24.4 Å². The number of allylic oxidation sites excluding steroid dienone is 3. The Hall–Kier alpha value is -3.81. The fourth-order valence-corrected chi connectivity index (χ4v) is 5.88. The van der Waals surface area contributed by atoms with Crippen LogP contribution in [0.4, 0.5) is 0 Å². The second kappa shape index (κ2) is 9.57. The van der Waals surface area contributed by atoms with Gasteiger partial charge in [0.05, 0.1) is 12.6 Å². The molecule has 37 heavy (non-hydrogen) atoms. The number of carbonyl (C=O) groups is 2. The summed E-state index contributed by atoms with van der Waals surface area (Å²) in [5.41, 5.74) is 2.34. The Kier molecular flexibility index (Phi) is 6.10. The smallest absolute Gasteiger partial charge is 0.256 e. The molecule has 3 aliphatic heterocycles. The van der Waals surface area contributed by atoms with Gasteiger partial charge in [-0.3, -0.25) is 14.9 Å². The van der Waals surface area contributed by atoms with Crippen LogP contribution in [0.5, 0.6) is 0 Å². The molecule has 188 valence electrons. The number of nitrogens with one attached hydrogen (secondary N) is 1. The first kappa shape index (κ1) is 23.6. The number of amides is 2. The Morgan fingerprint density at radius 1 is 1.11 bits per heavy atom. The van der Waals surface area contributed by atoms with Crippen molar-refractivity contribution in [2.75, 3.05) is 19.6 Å². The summed E-state index contributed by atoms with van der Waals surface area (Å²) in [5.74, 6) is 0.399. The van der Waals surface area contributed by atoms with E-state index in [1.54, 1.807) is 23.3 Å². The summed E-state index contributed by atoms with van der Waals surface area (Å²) in [5, 5.41) is 4.00. The van der Waals surface area contributed by atoms with Crippen LogP contribution in [0.3, 0.4) is 0 Å². The van der Waals surface area contributed by atoms with Gasteiger partial charge < -0.3 is 19.3 Å². The van der Waals surface area contributed by atoms with Gasteiger partial charge in [0.2, 0.25) is 5.91 Å². The molecule has 1 aliphatic carbocycles. The van der Waals surface area contributed by atoms with Crippen LogP contribution < -0.4 is 5.32 Å². The molecule has 0 bridgehead atoms. The number of halogens is 1. The van der Waals surface area contributed by atoms with Gasteiger partial charge in [-0.2, -0.15) is 0 Å². The molecule has 2 amide bonds. The lowest BCUT2D eigenvalue weighted by molar-refractivity contribution is -0.135. The number of carbonyl (C=O) groups excluding carboxylic acids is 2. The molecule has 1 saturated heterocycles. The predicted octanol–water partition coefficient (Wildman–Crippen LogP) is 4.43. The number of hydrogen-bond donors (Lipinski definition) is 1. The van der Waals surface area contributed by atoms with Crippen molar-refractivity contribution in [2.24, 2.45) is 0 Å². The quantitative estimate of drug-likeness (QED) is 0.616. The third kappa shape index (κ3) is 3.86. The van der Waals surface area contributed by atoms with Crippen molar-refractivity contribution in [2.45, 2.75) is 24.5 Å². The minimum atomic E-state index is -1.02. The van der Waals surface area contributed by atoms with Crippen molar-refractivity contribution in [3.63, 3.8) is 0 Å². The topological polar surface area (TPSA) is 71.1 Å². The molecule has 8 heteroatoms. The van der Waals surface area contributed by atoms with Gasteiger partial charge in [-0.1, -0.05) is 60.2 Å². The van der Waals surface area contributed by atoms with E-state index < -0.39 is 5.66 Å². The van der Waals surface area contributed by atoms with Gasteiger partial charge in [0.1, 0.15) is 18.8 Å². The molecule has 1 fully saturated rings. The summed E-state index contributed by atoms with van der Waals surface area (Å²) in [6.45, 7) is 0.911. The summed E-state index contributed by atoms with van der Waals surface area (Å²) in [4.78, 5) is 31.1. The Morgan fingerprint density at radius 2 is 1.95 bits per heavy atom. The molecule has 2 aromatic rings. The van der Waals surface area contributed by atoms with E-state index in [0.717, 1.165) is 29.5 Å². The van der Waals surface area contributed by atoms with E-state index in [2.05, 4.69) is 11.4 Å². The Bertz CT molecular complexity index is 1360. The summed E-state index contributed by atoms with van der Waals surface area (Å²) < 4.78 is 11.1. The minimum Gasteiger partial charge on any atom is -0.466 e. The average molecular weight is 516 g/mol. The van der Waals surface area contributed by atoms with Crippen molar-refractivity contribution < 1.29 is 19.1 Å². The Labute approximate surface area is 220 Å². The second-order valence-electron chi connectivity index (χ2n) is 9.30. The number of rotatable bonds is 6. The SMILES string of the molecule is O=C(CNC(C1=CC=CCC1)C1=COC=CO1)N1CCN2C(=O)c3ccccc3C12c1ccc(Cl)cc1. The molecule has 1 N–H and O–H groups in total. The largest absolute Gasteiger partial charge is 0.466 e. The molecule has 3 heterocycles. The summed E-state index contributed by atoms with van der Waals surface area (Å²) in [6.07, 6.45) is 12.4. The molecule has 0 radical (unpaired) electrons. The molecule has 2 aromatic carbocycles. The molecule has 4 aliphatic rings. The van der Waals surface area contributed by atoms with Crippen molar-refractivity contribution in [1.29, 1.82) is 0 Å². The van der Waals surface area contributed by atoms with E-state index in [9.17, 15) is 9.59 Å². The van der Waals surface area contributed by atoms with Gasteiger partial charge in [-0.05, 0) is 36.6 Å². The predicted molar refractivity (Wildman–Crippen MR) is 139 cm³/mol. The monoisotopic (exact) mass is 515 g/mol. The maximum Gasteiger partial charge on any atom is 0.256 e. The van der Waals surface area contributed by atoms with Crippen molar-refractivity contribution in [3.05, 3.63) is 119 Å². The van der Waals surface area contributed by atoms with Gasteiger partial charge in [0, 0.05) is 34.8 Å². The molecule has 0 aromatic heterocycles. The first-order valence-corrected chi connectivity index (χ1v) is 12.7. The van der Waals surface area contributed by atoms with Crippen LogP contribution in [-0.4, -0.2) is 47.3 Å². The molecule has 0 spiro atoms. The maximum atomic E-state index is 14.0. The number of fused-ring (bicyclic) bond motifs is 3. The molecule has 7 nitrogen and oxygen atoms in total. The van der Waals surface area contributed by atoms with Gasteiger partial charge >= 0.3 is 0 Å². The molecular weight excluding hydrogens is 490 g/mol. The van der Waals surface area contributed by atoms with Gasteiger partial charge in [-0.15, -0.1) is 0 Å². The number of hydrogen-bond acceptors (Lipinski definition) is 5. The Balaban J connectivity index is 1.34. The minimum absolute atomic E-state index is 0.0513. The third-order valence-corrected chi connectivity index (χ3v) is 7.59. The van der Waals surface area contributed by atoms with Crippen LogP contribution in [0.25, 0.3) is 0 Å². The highest BCUT2D eigenvalue weighted by molar-refractivity contribution is 6.30. The van der Waals surface area contributed by atoms with Gasteiger partial charge in [0.15, 0.2) is 11.4 Å². The van der Waals surface area contributed by atoms with Crippen LogP contribution in [0.15, 0.2) is 96.9 Å². The lowest BCUT2D eigenvalue weighted by Crippen LogP contribution is -2.54. The molecule has 6 rings (SSSR count). The van der Waals surface area contributed by atoms with Crippen LogP contribution in [-0.2, 0) is 19.9 Å². The fourth-order valence-electron chi connectivity index (χ4n) is 5.75. The van der Waals surface area contributed by atoms with E-state index in [1.807, 2.05) is 53.5 Å². The highest BCUT2D eigenvalue weighted by Gasteiger charge is 2.59. The van der Waals surface area contributed by atoms with Crippen molar-refractivity contribution in [3.8, 4) is 0 Å². The van der Waals surface area contributed by atoms with Crippen molar-refractivity contribution in [1.82, 2.24) is 15.1 Å². The first-order valence-electron chi connectivity index (χ1n) is 12.3. The van der Waals surface area contributed by atoms with E-state index in [1.165, 1.54) is 12.5 Å². The van der Waals surface area contributed by atoms with Gasteiger partial charge in [0.25, 0.3) is 5.91 Å². The highest BCUT2D eigenvalue weighted by atomic mass is 35.5.